The Hall–Kier alpha value is -3.00. The molecule has 0 saturated heterocycles. The van der Waals surface area contributed by atoms with Gasteiger partial charge in [0.2, 0.25) is 0 Å². The fourth-order valence-electron chi connectivity index (χ4n) is 6.29. The second kappa shape index (κ2) is 21.7. The van der Waals surface area contributed by atoms with Gasteiger partial charge >= 0.3 is 0 Å². The first-order chi connectivity index (χ1) is 22.1. The van der Waals surface area contributed by atoms with Crippen LogP contribution < -0.4 is 0 Å². The van der Waals surface area contributed by atoms with Gasteiger partial charge in [-0.2, -0.15) is 0 Å². The Bertz CT molecular complexity index is 1300. The maximum Gasteiger partial charge on any atom is 0.0640 e. The number of nitrogens with zero attached hydrogens (tertiary/aromatic N) is 2. The summed E-state index contributed by atoms with van der Waals surface area (Å²) < 4.78 is 0. The topological polar surface area (TPSA) is 24.7 Å². The minimum Gasteiger partial charge on any atom is -0.252 e. The molecule has 2 nitrogen and oxygen atoms in total. The van der Waals surface area contributed by atoms with Crippen molar-refractivity contribution in [1.29, 1.82) is 0 Å². The van der Waals surface area contributed by atoms with Crippen molar-refractivity contribution in [3.8, 4) is 11.1 Å². The van der Waals surface area contributed by atoms with Gasteiger partial charge in [-0.1, -0.05) is 141 Å². The first-order valence-corrected chi connectivity index (χ1v) is 18.5. The lowest BCUT2D eigenvalue weighted by Crippen LogP contribution is -2.08. The summed E-state index contributed by atoms with van der Waals surface area (Å²) in [4.78, 5) is 10.3. The lowest BCUT2D eigenvalue weighted by molar-refractivity contribution is 0.606. The van der Waals surface area contributed by atoms with Crippen LogP contribution in [0.25, 0.3) is 11.1 Å². The summed E-state index contributed by atoms with van der Waals surface area (Å²) in [7, 11) is 0. The normalized spacial score (nSPS) is 12.2. The molecule has 0 saturated carbocycles. The Morgan fingerprint density at radius 1 is 0.489 bits per heavy atom. The Balaban J connectivity index is 1.79. The summed E-state index contributed by atoms with van der Waals surface area (Å²) in [6.45, 7) is 11.2. The quantitative estimate of drug-likeness (QED) is 0.0803. The number of aliphatic imine (C=N–C) groups is 2. The number of benzene rings is 3. The third kappa shape index (κ3) is 13.1. The summed E-state index contributed by atoms with van der Waals surface area (Å²) in [5, 5.41) is 0. The molecule has 0 spiro atoms. The van der Waals surface area contributed by atoms with E-state index in [0.29, 0.717) is 0 Å². The smallest absolute Gasteiger partial charge is 0.0640 e. The van der Waals surface area contributed by atoms with E-state index in [9.17, 15) is 0 Å². The summed E-state index contributed by atoms with van der Waals surface area (Å²) >= 11 is 0. The third-order valence-corrected chi connectivity index (χ3v) is 9.08. The molecule has 0 fully saturated rings. The van der Waals surface area contributed by atoms with Crippen molar-refractivity contribution in [2.24, 2.45) is 9.98 Å². The highest BCUT2D eigenvalue weighted by Crippen LogP contribution is 2.30. The van der Waals surface area contributed by atoms with Crippen molar-refractivity contribution in [2.75, 3.05) is 0 Å². The molecule has 45 heavy (non-hydrogen) atoms. The van der Waals surface area contributed by atoms with E-state index >= 15 is 0 Å². The van der Waals surface area contributed by atoms with Crippen LogP contribution in [0.1, 0.15) is 148 Å². The average Bonchev–Trinajstić information content (AvgIpc) is 3.07. The second-order valence-electron chi connectivity index (χ2n) is 12.9. The molecule has 3 aromatic rings. The van der Waals surface area contributed by atoms with E-state index in [0.717, 1.165) is 42.1 Å². The van der Waals surface area contributed by atoms with E-state index in [2.05, 4.69) is 101 Å². The molecule has 0 aliphatic rings. The maximum absolute atomic E-state index is 5.17. The summed E-state index contributed by atoms with van der Waals surface area (Å²) in [5.41, 5.74) is 11.2. The minimum atomic E-state index is 0.862. The molecular weight excluding hydrogens is 544 g/mol. The summed E-state index contributed by atoms with van der Waals surface area (Å²) in [5.74, 6) is 0. The zero-order chi connectivity index (χ0) is 32.1. The van der Waals surface area contributed by atoms with Gasteiger partial charge in [0, 0.05) is 0 Å². The van der Waals surface area contributed by atoms with Crippen molar-refractivity contribution < 1.29 is 0 Å². The van der Waals surface area contributed by atoms with Crippen LogP contribution in [0.3, 0.4) is 0 Å². The molecule has 0 bridgehead atoms. The van der Waals surface area contributed by atoms with E-state index in [1.807, 2.05) is 0 Å². The fraction of sp³-hybridized carbons (Fsp3) is 0.535. The number of hydrogen-bond donors (Lipinski definition) is 0. The van der Waals surface area contributed by atoms with Crippen molar-refractivity contribution in [2.45, 2.75) is 150 Å². The van der Waals surface area contributed by atoms with Crippen LogP contribution in [0.15, 0.2) is 76.7 Å². The lowest BCUT2D eigenvalue weighted by atomic mass is 9.95. The van der Waals surface area contributed by atoms with Gasteiger partial charge in [-0.3, -0.25) is 9.98 Å². The van der Waals surface area contributed by atoms with Gasteiger partial charge in [-0.05, 0) is 104 Å². The molecule has 0 heterocycles. The van der Waals surface area contributed by atoms with Crippen molar-refractivity contribution >= 4 is 22.8 Å². The Morgan fingerprint density at radius 2 is 1.02 bits per heavy atom. The predicted molar refractivity (Wildman–Crippen MR) is 201 cm³/mol. The minimum absolute atomic E-state index is 0.862. The van der Waals surface area contributed by atoms with E-state index in [4.69, 9.17) is 9.98 Å². The summed E-state index contributed by atoms with van der Waals surface area (Å²) in [6.07, 6.45) is 22.8. The molecule has 0 radical (unpaired) electrons. The largest absolute Gasteiger partial charge is 0.252 e. The molecule has 0 aliphatic heterocycles. The van der Waals surface area contributed by atoms with Crippen LogP contribution >= 0.6 is 0 Å². The standard InChI is InChI=1S/C43H62N2/c1-6-10-13-15-17-20-25-36-29-31-40(33-39(36)24-12-8-3)45-43(9-4)35(5)44-41-32-30-38(28-21-18-16-14-11-7-2)42(34-41)37-26-22-19-23-27-37/h19,22-23,26-27,29-34H,6-18,20-21,24-25,28H2,1-5H3. The number of hydrogen-bond acceptors (Lipinski definition) is 2. The molecule has 0 unspecified atom stereocenters. The molecule has 3 aromatic carbocycles. The number of unbranched alkanes of at least 4 members (excludes halogenated alkanes) is 11. The highest BCUT2D eigenvalue weighted by molar-refractivity contribution is 6.42. The SMILES string of the molecule is CCCCCCCCc1ccc(N=C(CC)C(C)=Nc2ccc(CCCCCCCC)c(-c3ccccc3)c2)cc1CCCC. The molecule has 0 N–H and O–H groups in total. The van der Waals surface area contributed by atoms with Gasteiger partial charge in [-0.15, -0.1) is 0 Å². The third-order valence-electron chi connectivity index (χ3n) is 9.08. The first kappa shape index (κ1) is 36.5. The fourth-order valence-corrected chi connectivity index (χ4v) is 6.29. The molecule has 0 amide bonds. The van der Waals surface area contributed by atoms with Crippen molar-refractivity contribution in [1.82, 2.24) is 0 Å². The zero-order valence-electron chi connectivity index (χ0n) is 29.5. The van der Waals surface area contributed by atoms with Gasteiger partial charge in [0.1, 0.15) is 0 Å². The van der Waals surface area contributed by atoms with E-state index in [1.54, 1.807) is 0 Å². The van der Waals surface area contributed by atoms with Crippen LogP contribution in [-0.4, -0.2) is 11.4 Å². The van der Waals surface area contributed by atoms with Crippen LogP contribution in [0.4, 0.5) is 11.4 Å². The zero-order valence-corrected chi connectivity index (χ0v) is 29.5. The lowest BCUT2D eigenvalue weighted by Gasteiger charge is -2.13. The van der Waals surface area contributed by atoms with Crippen molar-refractivity contribution in [3.63, 3.8) is 0 Å². The average molecular weight is 607 g/mol. The Morgan fingerprint density at radius 3 is 1.64 bits per heavy atom. The van der Waals surface area contributed by atoms with E-state index < -0.39 is 0 Å². The molecule has 244 valence electrons. The monoisotopic (exact) mass is 606 g/mol. The van der Waals surface area contributed by atoms with Crippen LogP contribution in [-0.2, 0) is 19.3 Å². The molecular formula is C43H62N2. The first-order valence-electron chi connectivity index (χ1n) is 18.5. The van der Waals surface area contributed by atoms with Crippen molar-refractivity contribution in [3.05, 3.63) is 83.4 Å². The van der Waals surface area contributed by atoms with Gasteiger partial charge in [0.05, 0.1) is 22.8 Å². The van der Waals surface area contributed by atoms with Gasteiger partial charge < -0.3 is 0 Å². The maximum atomic E-state index is 5.17. The molecule has 3 rings (SSSR count). The van der Waals surface area contributed by atoms with Gasteiger partial charge in [-0.25, -0.2) is 0 Å². The Kier molecular flexibility index (Phi) is 17.6. The number of aryl methyl sites for hydroxylation is 3. The molecule has 0 aromatic heterocycles. The molecule has 0 aliphatic carbocycles. The van der Waals surface area contributed by atoms with Crippen LogP contribution in [0.2, 0.25) is 0 Å². The predicted octanol–water partition coefficient (Wildman–Crippen LogP) is 13.8. The Labute approximate surface area is 276 Å². The van der Waals surface area contributed by atoms with Gasteiger partial charge in [0.25, 0.3) is 0 Å². The highest BCUT2D eigenvalue weighted by Gasteiger charge is 2.10. The van der Waals surface area contributed by atoms with Crippen LogP contribution in [0.5, 0.6) is 0 Å². The summed E-state index contributed by atoms with van der Waals surface area (Å²) in [6, 6.07) is 24.6. The van der Waals surface area contributed by atoms with E-state index in [-0.39, 0.29) is 0 Å². The second-order valence-corrected chi connectivity index (χ2v) is 12.9. The molecule has 2 heteroatoms. The van der Waals surface area contributed by atoms with Crippen LogP contribution in [0, 0.1) is 0 Å². The molecule has 0 atom stereocenters. The number of rotatable bonds is 22. The van der Waals surface area contributed by atoms with Gasteiger partial charge in [0.15, 0.2) is 0 Å². The highest BCUT2D eigenvalue weighted by atomic mass is 14.8. The van der Waals surface area contributed by atoms with E-state index in [1.165, 1.54) is 124 Å².